The third kappa shape index (κ3) is 4.44. The van der Waals surface area contributed by atoms with Crippen LogP contribution in [0.2, 0.25) is 0 Å². The molecule has 1 amide bonds. The first kappa shape index (κ1) is 13.7. The lowest BCUT2D eigenvalue weighted by Gasteiger charge is -2.05. The molecule has 0 aliphatic carbocycles. The summed E-state index contributed by atoms with van der Waals surface area (Å²) in [6, 6.07) is 6.54. The van der Waals surface area contributed by atoms with Gasteiger partial charge >= 0.3 is 0 Å². The lowest BCUT2D eigenvalue weighted by Crippen LogP contribution is -2.25. The summed E-state index contributed by atoms with van der Waals surface area (Å²) in [7, 11) is 0. The number of aryl methyl sites for hydroxylation is 1. The van der Waals surface area contributed by atoms with Gasteiger partial charge < -0.3 is 5.32 Å². The number of amides is 1. The van der Waals surface area contributed by atoms with Crippen LogP contribution in [0.15, 0.2) is 35.8 Å². The highest BCUT2D eigenvalue weighted by molar-refractivity contribution is 7.09. The topological polar surface area (TPSA) is 42.0 Å². The summed E-state index contributed by atoms with van der Waals surface area (Å²) in [4.78, 5) is 15.7. The quantitative estimate of drug-likeness (QED) is 0.882. The van der Waals surface area contributed by atoms with Crippen LogP contribution in [0.4, 0.5) is 4.39 Å². The maximum atomic E-state index is 13.3. The molecule has 0 spiro atoms. The lowest BCUT2D eigenvalue weighted by atomic mass is 10.1. The van der Waals surface area contributed by atoms with E-state index in [9.17, 15) is 9.18 Å². The number of aromatic nitrogens is 1. The molecule has 1 aromatic heterocycles. The van der Waals surface area contributed by atoms with E-state index >= 15 is 0 Å². The maximum absolute atomic E-state index is 13.3. The smallest absolute Gasteiger partial charge is 0.220 e. The molecule has 0 bridgehead atoms. The molecule has 0 saturated heterocycles. The second kappa shape index (κ2) is 6.99. The van der Waals surface area contributed by atoms with Crippen LogP contribution < -0.4 is 5.32 Å². The number of nitrogens with zero attached hydrogens (tertiary/aromatic N) is 1. The monoisotopic (exact) mass is 278 g/mol. The Morgan fingerprint density at radius 2 is 2.16 bits per heavy atom. The van der Waals surface area contributed by atoms with Crippen molar-refractivity contribution in [3.63, 3.8) is 0 Å². The predicted molar refractivity (Wildman–Crippen MR) is 73.5 cm³/mol. The Morgan fingerprint density at radius 1 is 1.32 bits per heavy atom. The molecule has 0 radical (unpaired) electrons. The Morgan fingerprint density at radius 3 is 2.89 bits per heavy atom. The van der Waals surface area contributed by atoms with E-state index < -0.39 is 0 Å². The van der Waals surface area contributed by atoms with Crippen molar-refractivity contribution in [1.29, 1.82) is 0 Å². The molecule has 19 heavy (non-hydrogen) atoms. The SMILES string of the molecule is O=C(CCc1ccccc1F)NCCc1nccs1. The summed E-state index contributed by atoms with van der Waals surface area (Å²) in [5, 5.41) is 5.74. The van der Waals surface area contributed by atoms with Crippen molar-refractivity contribution in [2.24, 2.45) is 0 Å². The first-order chi connectivity index (χ1) is 9.25. The fourth-order valence-electron chi connectivity index (χ4n) is 1.72. The first-order valence-electron chi connectivity index (χ1n) is 6.14. The lowest BCUT2D eigenvalue weighted by molar-refractivity contribution is -0.121. The number of halogens is 1. The Kier molecular flexibility index (Phi) is 5.03. The van der Waals surface area contributed by atoms with Crippen LogP contribution >= 0.6 is 11.3 Å². The second-order valence-electron chi connectivity index (χ2n) is 4.12. The number of hydrogen-bond acceptors (Lipinski definition) is 3. The molecule has 2 aromatic rings. The summed E-state index contributed by atoms with van der Waals surface area (Å²) in [5.41, 5.74) is 0.581. The standard InChI is InChI=1S/C14H15FN2OS/c15-12-4-2-1-3-11(12)5-6-13(18)16-8-7-14-17-9-10-19-14/h1-4,9-10H,5-8H2,(H,16,18). The minimum Gasteiger partial charge on any atom is -0.356 e. The highest BCUT2D eigenvalue weighted by Gasteiger charge is 2.05. The Balaban J connectivity index is 1.69. The van der Waals surface area contributed by atoms with E-state index in [0.29, 0.717) is 24.9 Å². The largest absolute Gasteiger partial charge is 0.356 e. The molecule has 2 rings (SSSR count). The molecule has 0 aliphatic heterocycles. The Bertz CT molecular complexity index is 528. The molecule has 0 unspecified atom stereocenters. The fourth-order valence-corrected chi connectivity index (χ4v) is 2.34. The second-order valence-corrected chi connectivity index (χ2v) is 5.10. The molecule has 0 fully saturated rings. The van der Waals surface area contributed by atoms with Gasteiger partial charge in [-0.3, -0.25) is 4.79 Å². The zero-order valence-electron chi connectivity index (χ0n) is 10.4. The van der Waals surface area contributed by atoms with Crippen molar-refractivity contribution in [3.05, 3.63) is 52.2 Å². The summed E-state index contributed by atoms with van der Waals surface area (Å²) < 4.78 is 13.3. The van der Waals surface area contributed by atoms with E-state index in [2.05, 4.69) is 10.3 Å². The van der Waals surface area contributed by atoms with Crippen molar-refractivity contribution in [1.82, 2.24) is 10.3 Å². The third-order valence-electron chi connectivity index (χ3n) is 2.72. The molecule has 1 heterocycles. The summed E-state index contributed by atoms with van der Waals surface area (Å²) >= 11 is 1.57. The minimum absolute atomic E-state index is 0.0557. The molecule has 0 atom stereocenters. The van der Waals surface area contributed by atoms with Crippen LogP contribution in [0.25, 0.3) is 0 Å². The molecule has 0 aliphatic rings. The van der Waals surface area contributed by atoms with Crippen molar-refractivity contribution >= 4 is 17.2 Å². The van der Waals surface area contributed by atoms with Crippen LogP contribution in [0.5, 0.6) is 0 Å². The summed E-state index contributed by atoms with van der Waals surface area (Å²) in [5.74, 6) is -0.308. The van der Waals surface area contributed by atoms with Gasteiger partial charge in [0.2, 0.25) is 5.91 Å². The van der Waals surface area contributed by atoms with E-state index in [4.69, 9.17) is 0 Å². The number of rotatable bonds is 6. The average molecular weight is 278 g/mol. The van der Waals surface area contributed by atoms with E-state index in [1.165, 1.54) is 6.07 Å². The molecular weight excluding hydrogens is 263 g/mol. The number of nitrogens with one attached hydrogen (secondary N) is 1. The average Bonchev–Trinajstić information content (AvgIpc) is 2.91. The van der Waals surface area contributed by atoms with Crippen LogP contribution in [-0.4, -0.2) is 17.4 Å². The van der Waals surface area contributed by atoms with Crippen molar-refractivity contribution in [2.75, 3.05) is 6.54 Å². The van der Waals surface area contributed by atoms with Crippen molar-refractivity contribution in [3.8, 4) is 0 Å². The minimum atomic E-state index is -0.252. The van der Waals surface area contributed by atoms with Crippen LogP contribution in [0.3, 0.4) is 0 Å². The maximum Gasteiger partial charge on any atom is 0.220 e. The predicted octanol–water partition coefficient (Wildman–Crippen LogP) is 2.57. The molecule has 1 aromatic carbocycles. The van der Waals surface area contributed by atoms with E-state index in [-0.39, 0.29) is 11.7 Å². The van der Waals surface area contributed by atoms with Crippen LogP contribution in [-0.2, 0) is 17.6 Å². The van der Waals surface area contributed by atoms with Crippen molar-refractivity contribution < 1.29 is 9.18 Å². The van der Waals surface area contributed by atoms with Crippen LogP contribution in [0, 0.1) is 5.82 Å². The van der Waals surface area contributed by atoms with Gasteiger partial charge in [-0.15, -0.1) is 11.3 Å². The zero-order valence-corrected chi connectivity index (χ0v) is 11.3. The normalized spacial score (nSPS) is 10.4. The van der Waals surface area contributed by atoms with Crippen molar-refractivity contribution in [2.45, 2.75) is 19.3 Å². The molecule has 0 saturated carbocycles. The van der Waals surface area contributed by atoms with Crippen LogP contribution in [0.1, 0.15) is 17.0 Å². The fraction of sp³-hybridized carbons (Fsp3) is 0.286. The number of hydrogen-bond donors (Lipinski definition) is 1. The van der Waals surface area contributed by atoms with Gasteiger partial charge in [0.1, 0.15) is 5.82 Å². The van der Waals surface area contributed by atoms with Gasteiger partial charge in [-0.25, -0.2) is 9.37 Å². The number of carbonyl (C=O) groups excluding carboxylic acids is 1. The molecule has 1 N–H and O–H groups in total. The summed E-state index contributed by atoms with van der Waals surface area (Å²) in [6.07, 6.45) is 3.22. The highest BCUT2D eigenvalue weighted by atomic mass is 32.1. The summed E-state index contributed by atoms with van der Waals surface area (Å²) in [6.45, 7) is 0.573. The molecule has 5 heteroatoms. The Hall–Kier alpha value is -1.75. The first-order valence-corrected chi connectivity index (χ1v) is 7.02. The van der Waals surface area contributed by atoms with Gasteiger partial charge in [-0.05, 0) is 18.1 Å². The van der Waals surface area contributed by atoms with Gasteiger partial charge in [0.05, 0.1) is 5.01 Å². The van der Waals surface area contributed by atoms with Gasteiger partial charge in [-0.1, -0.05) is 18.2 Å². The van der Waals surface area contributed by atoms with E-state index in [0.717, 1.165) is 11.4 Å². The molecular formula is C14H15FN2OS. The molecule has 3 nitrogen and oxygen atoms in total. The Labute approximate surface area is 115 Å². The third-order valence-corrected chi connectivity index (χ3v) is 3.56. The number of benzene rings is 1. The molecule has 100 valence electrons. The van der Waals surface area contributed by atoms with E-state index in [1.54, 1.807) is 35.7 Å². The number of thiazole rings is 1. The zero-order chi connectivity index (χ0) is 13.5. The van der Waals surface area contributed by atoms with Gasteiger partial charge in [0, 0.05) is 31.0 Å². The van der Waals surface area contributed by atoms with Gasteiger partial charge in [-0.2, -0.15) is 0 Å². The van der Waals surface area contributed by atoms with Gasteiger partial charge in [0.25, 0.3) is 0 Å². The van der Waals surface area contributed by atoms with Gasteiger partial charge in [0.15, 0.2) is 0 Å². The van der Waals surface area contributed by atoms with E-state index in [1.807, 2.05) is 5.38 Å². The number of carbonyl (C=O) groups is 1. The highest BCUT2D eigenvalue weighted by Crippen LogP contribution is 2.08.